The van der Waals surface area contributed by atoms with Gasteiger partial charge in [-0.1, -0.05) is 41.6 Å². The van der Waals surface area contributed by atoms with Crippen molar-refractivity contribution in [3.63, 3.8) is 0 Å². The number of aromatic nitrogens is 2. The van der Waals surface area contributed by atoms with Gasteiger partial charge in [-0.3, -0.25) is 4.79 Å². The number of nitrogens with zero attached hydrogens (tertiary/aromatic N) is 2. The molecule has 7 heteroatoms. The van der Waals surface area contributed by atoms with Crippen LogP contribution in [0.1, 0.15) is 28.9 Å². The molecule has 1 atom stereocenters. The molecule has 2 aromatic carbocycles. The lowest BCUT2D eigenvalue weighted by atomic mass is 10.1. The molecule has 2 heterocycles. The molecule has 136 valence electrons. The number of ether oxygens (including phenoxy) is 2. The second kappa shape index (κ2) is 7.33. The van der Waals surface area contributed by atoms with Crippen LogP contribution >= 0.6 is 0 Å². The summed E-state index contributed by atoms with van der Waals surface area (Å²) >= 11 is 0. The van der Waals surface area contributed by atoms with Gasteiger partial charge < -0.3 is 19.3 Å². The zero-order chi connectivity index (χ0) is 18.6. The Labute approximate surface area is 155 Å². The summed E-state index contributed by atoms with van der Waals surface area (Å²) in [5, 5.41) is 6.72. The largest absolute Gasteiger partial charge is 0.454 e. The first-order valence-corrected chi connectivity index (χ1v) is 8.42. The van der Waals surface area contributed by atoms with Gasteiger partial charge in [-0.15, -0.1) is 0 Å². The fourth-order valence-electron chi connectivity index (χ4n) is 2.74. The van der Waals surface area contributed by atoms with E-state index in [1.54, 1.807) is 13.0 Å². The monoisotopic (exact) mass is 363 g/mol. The van der Waals surface area contributed by atoms with Crippen molar-refractivity contribution in [1.29, 1.82) is 0 Å². The molecule has 0 aliphatic carbocycles. The van der Waals surface area contributed by atoms with Gasteiger partial charge in [0.2, 0.25) is 12.7 Å². The number of carbonyl (C=O) groups is 1. The molecule has 1 aromatic heterocycles. The predicted molar refractivity (Wildman–Crippen MR) is 97.1 cm³/mol. The Bertz CT molecular complexity index is 982. The average Bonchev–Trinajstić information content (AvgIpc) is 3.33. The van der Waals surface area contributed by atoms with Crippen LogP contribution in [0.4, 0.5) is 0 Å². The molecule has 7 nitrogen and oxygen atoms in total. The Morgan fingerprint density at radius 1 is 1.15 bits per heavy atom. The first-order valence-electron chi connectivity index (χ1n) is 8.42. The van der Waals surface area contributed by atoms with E-state index in [0.717, 1.165) is 11.1 Å². The van der Waals surface area contributed by atoms with Crippen LogP contribution in [-0.4, -0.2) is 22.8 Å². The molecule has 1 amide bonds. The van der Waals surface area contributed by atoms with E-state index in [2.05, 4.69) is 15.5 Å². The van der Waals surface area contributed by atoms with Crippen molar-refractivity contribution in [1.82, 2.24) is 15.5 Å². The highest BCUT2D eigenvalue weighted by Gasteiger charge is 2.21. The van der Waals surface area contributed by atoms with Gasteiger partial charge in [0.05, 0.1) is 0 Å². The third-order valence-electron chi connectivity index (χ3n) is 4.03. The van der Waals surface area contributed by atoms with E-state index in [-0.39, 0.29) is 12.7 Å². The van der Waals surface area contributed by atoms with Crippen LogP contribution in [0.25, 0.3) is 6.08 Å². The first-order chi connectivity index (χ1) is 13.2. The molecule has 3 aromatic rings. The van der Waals surface area contributed by atoms with E-state index in [1.807, 2.05) is 48.5 Å². The maximum Gasteiger partial charge on any atom is 0.253 e. The second-order valence-corrected chi connectivity index (χ2v) is 5.98. The lowest BCUT2D eigenvalue weighted by Gasteiger charge is -2.14. The summed E-state index contributed by atoms with van der Waals surface area (Å²) in [6, 6.07) is 14.4. The van der Waals surface area contributed by atoms with Crippen molar-refractivity contribution >= 4 is 12.0 Å². The normalized spacial score (nSPS) is 13.7. The molecule has 27 heavy (non-hydrogen) atoms. The molecule has 0 fully saturated rings. The Morgan fingerprint density at radius 2 is 1.96 bits per heavy atom. The number of hydrogen-bond acceptors (Lipinski definition) is 6. The van der Waals surface area contributed by atoms with Gasteiger partial charge >= 0.3 is 0 Å². The molecular weight excluding hydrogens is 346 g/mol. The minimum absolute atomic E-state index is 0.214. The van der Waals surface area contributed by atoms with E-state index in [4.69, 9.17) is 14.0 Å². The molecule has 0 spiro atoms. The van der Waals surface area contributed by atoms with Gasteiger partial charge in [0, 0.05) is 6.08 Å². The topological polar surface area (TPSA) is 86.5 Å². The van der Waals surface area contributed by atoms with Crippen molar-refractivity contribution in [3.8, 4) is 11.5 Å². The second-order valence-electron chi connectivity index (χ2n) is 5.98. The van der Waals surface area contributed by atoms with Crippen molar-refractivity contribution in [3.05, 3.63) is 77.4 Å². The molecule has 0 radical (unpaired) electrons. The fraction of sp³-hybridized carbons (Fsp3) is 0.150. The van der Waals surface area contributed by atoms with E-state index < -0.39 is 6.04 Å². The summed E-state index contributed by atoms with van der Waals surface area (Å²) in [6.07, 6.45) is 3.16. The molecule has 0 bridgehead atoms. The minimum Gasteiger partial charge on any atom is -0.454 e. The highest BCUT2D eigenvalue weighted by molar-refractivity contribution is 5.92. The van der Waals surface area contributed by atoms with Gasteiger partial charge in [0.1, 0.15) is 6.04 Å². The molecule has 4 rings (SSSR count). The SMILES string of the molecule is Cc1noc(C(NC(=O)C=Cc2ccc3c(c2)OCO3)c2ccccc2)n1. The molecule has 1 N–H and O–H groups in total. The van der Waals surface area contributed by atoms with Crippen LogP contribution in [0.2, 0.25) is 0 Å². The predicted octanol–water partition coefficient (Wildman–Crippen LogP) is 3.03. The average molecular weight is 363 g/mol. The van der Waals surface area contributed by atoms with E-state index in [9.17, 15) is 4.79 Å². The van der Waals surface area contributed by atoms with E-state index in [1.165, 1.54) is 6.08 Å². The smallest absolute Gasteiger partial charge is 0.253 e. The molecule has 1 aliphatic rings. The zero-order valence-electron chi connectivity index (χ0n) is 14.6. The highest BCUT2D eigenvalue weighted by atomic mass is 16.7. The Hall–Kier alpha value is -3.61. The van der Waals surface area contributed by atoms with Gasteiger partial charge in [-0.2, -0.15) is 4.98 Å². The maximum absolute atomic E-state index is 12.5. The fourth-order valence-corrected chi connectivity index (χ4v) is 2.74. The number of carbonyl (C=O) groups excluding carboxylic acids is 1. The van der Waals surface area contributed by atoms with Gasteiger partial charge in [0.25, 0.3) is 5.89 Å². The summed E-state index contributed by atoms with van der Waals surface area (Å²) in [4.78, 5) is 16.7. The number of fused-ring (bicyclic) bond motifs is 1. The van der Waals surface area contributed by atoms with Crippen LogP contribution in [-0.2, 0) is 4.79 Å². The van der Waals surface area contributed by atoms with Crippen molar-refractivity contribution < 1.29 is 18.8 Å². The maximum atomic E-state index is 12.5. The van der Waals surface area contributed by atoms with Crippen molar-refractivity contribution in [2.45, 2.75) is 13.0 Å². The van der Waals surface area contributed by atoms with Gasteiger partial charge in [-0.05, 0) is 36.3 Å². The lowest BCUT2D eigenvalue weighted by Crippen LogP contribution is -2.28. The summed E-state index contributed by atoms with van der Waals surface area (Å²) in [6.45, 7) is 1.95. The van der Waals surface area contributed by atoms with E-state index >= 15 is 0 Å². The van der Waals surface area contributed by atoms with E-state index in [0.29, 0.717) is 23.2 Å². The van der Waals surface area contributed by atoms with Crippen molar-refractivity contribution in [2.24, 2.45) is 0 Å². The third-order valence-corrected chi connectivity index (χ3v) is 4.03. The number of hydrogen-bond donors (Lipinski definition) is 1. The number of nitrogens with one attached hydrogen (secondary N) is 1. The molecule has 1 unspecified atom stereocenters. The van der Waals surface area contributed by atoms with Gasteiger partial charge in [-0.25, -0.2) is 0 Å². The van der Waals surface area contributed by atoms with Crippen LogP contribution in [0.3, 0.4) is 0 Å². The zero-order valence-corrected chi connectivity index (χ0v) is 14.6. The van der Waals surface area contributed by atoms with Crippen LogP contribution in [0.15, 0.2) is 59.1 Å². The summed E-state index contributed by atoms with van der Waals surface area (Å²) in [7, 11) is 0. The Morgan fingerprint density at radius 3 is 2.74 bits per heavy atom. The molecular formula is C20H17N3O4. The highest BCUT2D eigenvalue weighted by Crippen LogP contribution is 2.32. The summed E-state index contributed by atoms with van der Waals surface area (Å²) in [5.41, 5.74) is 1.69. The molecule has 0 saturated heterocycles. The Kier molecular flexibility index (Phi) is 4.57. The third kappa shape index (κ3) is 3.82. The Balaban J connectivity index is 1.51. The van der Waals surface area contributed by atoms with Gasteiger partial charge in [0.15, 0.2) is 17.3 Å². The van der Waals surface area contributed by atoms with Crippen molar-refractivity contribution in [2.75, 3.05) is 6.79 Å². The number of aryl methyl sites for hydroxylation is 1. The number of amides is 1. The molecule has 0 saturated carbocycles. The lowest BCUT2D eigenvalue weighted by molar-refractivity contribution is -0.117. The minimum atomic E-state index is -0.527. The standard InChI is InChI=1S/C20H17N3O4/c1-13-21-20(27-23-13)19(15-5-3-2-4-6-15)22-18(24)10-8-14-7-9-16-17(11-14)26-12-25-16/h2-11,19H,12H2,1H3,(H,22,24). The summed E-state index contributed by atoms with van der Waals surface area (Å²) < 4.78 is 15.9. The molecule has 1 aliphatic heterocycles. The summed E-state index contributed by atoms with van der Waals surface area (Å²) in [5.74, 6) is 1.94. The quantitative estimate of drug-likeness (QED) is 0.701. The first kappa shape index (κ1) is 16.8. The number of rotatable bonds is 5. The van der Waals surface area contributed by atoms with Crippen LogP contribution in [0, 0.1) is 6.92 Å². The number of benzene rings is 2. The van der Waals surface area contributed by atoms with Crippen LogP contribution in [0.5, 0.6) is 11.5 Å². The van der Waals surface area contributed by atoms with Crippen LogP contribution < -0.4 is 14.8 Å².